The molecule has 0 unspecified atom stereocenters. The first-order valence-electron chi connectivity index (χ1n) is 7.64. The maximum absolute atomic E-state index is 13.1. The zero-order chi connectivity index (χ0) is 17.7. The molecule has 0 fully saturated rings. The molecule has 0 atom stereocenters. The fourth-order valence-electron chi connectivity index (χ4n) is 2.47. The number of hydrogen-bond donors (Lipinski definition) is 1. The average molecular weight is 333 g/mol. The van der Waals surface area contributed by atoms with Crippen LogP contribution in [0.2, 0.25) is 0 Å². The Balaban J connectivity index is 2.11. The molecule has 2 N–H and O–H groups in total. The summed E-state index contributed by atoms with van der Waals surface area (Å²) >= 11 is 0. The molecule has 6 nitrogen and oxygen atoms in total. The van der Waals surface area contributed by atoms with E-state index < -0.39 is 11.7 Å². The van der Waals surface area contributed by atoms with Crippen LogP contribution in [-0.4, -0.2) is 23.5 Å². The molecule has 0 aliphatic rings. The fraction of sp³-hybridized carbons (Fsp3) is 0.353. The third kappa shape index (κ3) is 4.41. The van der Waals surface area contributed by atoms with Gasteiger partial charge in [0.05, 0.1) is 5.69 Å². The van der Waals surface area contributed by atoms with E-state index in [4.69, 9.17) is 10.3 Å². The molecular formula is C17H20FN3O3. The Morgan fingerprint density at radius 1 is 1.21 bits per heavy atom. The molecule has 0 saturated heterocycles. The predicted octanol–water partition coefficient (Wildman–Crippen LogP) is 2.27. The molecule has 128 valence electrons. The molecule has 0 radical (unpaired) electrons. The molecule has 1 heterocycles. The lowest BCUT2D eigenvalue weighted by atomic mass is 10.1. The summed E-state index contributed by atoms with van der Waals surface area (Å²) in [7, 11) is 0. The van der Waals surface area contributed by atoms with Gasteiger partial charge >= 0.3 is 0 Å². The number of hydrogen-bond acceptors (Lipinski definition) is 4. The summed E-state index contributed by atoms with van der Waals surface area (Å²) in [5.74, 6) is -0.383. The zero-order valence-corrected chi connectivity index (χ0v) is 13.7. The van der Waals surface area contributed by atoms with Gasteiger partial charge in [0.15, 0.2) is 0 Å². The number of halogens is 1. The highest BCUT2D eigenvalue weighted by Gasteiger charge is 2.18. The molecule has 24 heavy (non-hydrogen) atoms. The van der Waals surface area contributed by atoms with Crippen molar-refractivity contribution >= 4 is 17.5 Å². The van der Waals surface area contributed by atoms with Crippen LogP contribution >= 0.6 is 0 Å². The van der Waals surface area contributed by atoms with Crippen LogP contribution in [0.25, 0.3) is 0 Å². The van der Waals surface area contributed by atoms with Crippen LogP contribution in [0, 0.1) is 19.7 Å². The highest BCUT2D eigenvalue weighted by Crippen LogP contribution is 2.19. The number of amides is 2. The molecule has 0 saturated carbocycles. The standard InChI is InChI=1S/C17H20FN3O3/c1-11-15(12(2)24-20-11)7-8-17(23)21(10-9-16(19)22)14-5-3-13(18)4-6-14/h3-6H,7-10H2,1-2H3,(H2,19,22). The SMILES string of the molecule is Cc1noc(C)c1CCC(=O)N(CCC(N)=O)c1ccc(F)cc1. The Kier molecular flexibility index (Phi) is 5.68. The van der Waals surface area contributed by atoms with Gasteiger partial charge in [-0.05, 0) is 44.5 Å². The van der Waals surface area contributed by atoms with Crippen molar-refractivity contribution in [2.75, 3.05) is 11.4 Å². The molecule has 7 heteroatoms. The van der Waals surface area contributed by atoms with Crippen molar-refractivity contribution < 1.29 is 18.5 Å². The number of benzene rings is 1. The zero-order valence-electron chi connectivity index (χ0n) is 13.7. The van der Waals surface area contributed by atoms with E-state index in [1.165, 1.54) is 29.2 Å². The van der Waals surface area contributed by atoms with Gasteiger partial charge in [-0.3, -0.25) is 9.59 Å². The Morgan fingerprint density at radius 3 is 2.42 bits per heavy atom. The van der Waals surface area contributed by atoms with Gasteiger partial charge in [-0.1, -0.05) is 5.16 Å². The van der Waals surface area contributed by atoms with Crippen LogP contribution in [-0.2, 0) is 16.0 Å². The van der Waals surface area contributed by atoms with Gasteiger partial charge in [-0.2, -0.15) is 0 Å². The smallest absolute Gasteiger partial charge is 0.227 e. The number of carbonyl (C=O) groups excluding carboxylic acids is 2. The third-order valence-electron chi connectivity index (χ3n) is 3.79. The summed E-state index contributed by atoms with van der Waals surface area (Å²) in [5, 5.41) is 3.86. The van der Waals surface area contributed by atoms with Crippen molar-refractivity contribution in [3.8, 4) is 0 Å². The molecule has 0 spiro atoms. The van der Waals surface area contributed by atoms with Gasteiger partial charge in [-0.25, -0.2) is 4.39 Å². The second kappa shape index (κ2) is 7.72. The maximum atomic E-state index is 13.1. The largest absolute Gasteiger partial charge is 0.370 e. The minimum absolute atomic E-state index is 0.0361. The highest BCUT2D eigenvalue weighted by molar-refractivity contribution is 5.94. The lowest BCUT2D eigenvalue weighted by molar-refractivity contribution is -0.119. The van der Waals surface area contributed by atoms with E-state index in [-0.39, 0.29) is 25.3 Å². The third-order valence-corrected chi connectivity index (χ3v) is 3.79. The van der Waals surface area contributed by atoms with E-state index >= 15 is 0 Å². The van der Waals surface area contributed by atoms with E-state index in [2.05, 4.69) is 5.16 Å². The number of nitrogens with zero attached hydrogens (tertiary/aromatic N) is 2. The summed E-state index contributed by atoms with van der Waals surface area (Å²) in [4.78, 5) is 25.1. The van der Waals surface area contributed by atoms with Crippen molar-refractivity contribution in [1.82, 2.24) is 5.16 Å². The quantitative estimate of drug-likeness (QED) is 0.841. The molecule has 2 amide bonds. The second-order valence-corrected chi connectivity index (χ2v) is 5.54. The normalized spacial score (nSPS) is 10.6. The summed E-state index contributed by atoms with van der Waals surface area (Å²) in [5.41, 5.74) is 7.36. The van der Waals surface area contributed by atoms with E-state index in [0.717, 1.165) is 11.3 Å². The van der Waals surface area contributed by atoms with Gasteiger partial charge in [0, 0.05) is 30.6 Å². The van der Waals surface area contributed by atoms with E-state index in [1.807, 2.05) is 6.92 Å². The van der Waals surface area contributed by atoms with E-state index in [0.29, 0.717) is 17.9 Å². The van der Waals surface area contributed by atoms with Crippen LogP contribution < -0.4 is 10.6 Å². The number of nitrogens with two attached hydrogens (primary N) is 1. The number of aromatic nitrogens is 1. The van der Waals surface area contributed by atoms with Crippen molar-refractivity contribution in [2.45, 2.75) is 33.1 Å². The Morgan fingerprint density at radius 2 is 1.88 bits per heavy atom. The average Bonchev–Trinajstić information content (AvgIpc) is 2.85. The van der Waals surface area contributed by atoms with Crippen LogP contribution in [0.5, 0.6) is 0 Å². The molecule has 0 aliphatic carbocycles. The van der Waals surface area contributed by atoms with Crippen molar-refractivity contribution in [3.63, 3.8) is 0 Å². The number of carbonyl (C=O) groups is 2. The van der Waals surface area contributed by atoms with Gasteiger partial charge in [0.25, 0.3) is 0 Å². The molecule has 2 aromatic rings. The van der Waals surface area contributed by atoms with Gasteiger partial charge in [0.2, 0.25) is 11.8 Å². The molecule has 0 bridgehead atoms. The van der Waals surface area contributed by atoms with Crippen molar-refractivity contribution in [1.29, 1.82) is 0 Å². The minimum atomic E-state index is -0.499. The van der Waals surface area contributed by atoms with Crippen LogP contribution in [0.1, 0.15) is 29.9 Å². The summed E-state index contributed by atoms with van der Waals surface area (Å²) in [6, 6.07) is 5.55. The van der Waals surface area contributed by atoms with Crippen LogP contribution in [0.3, 0.4) is 0 Å². The number of aryl methyl sites for hydroxylation is 2. The number of primary amides is 1. The van der Waals surface area contributed by atoms with Crippen LogP contribution in [0.4, 0.5) is 10.1 Å². The molecule has 1 aromatic heterocycles. The Bertz CT molecular complexity index is 706. The number of anilines is 1. The summed E-state index contributed by atoms with van der Waals surface area (Å²) in [6.07, 6.45) is 0.738. The Labute approximate surface area is 139 Å². The summed E-state index contributed by atoms with van der Waals surface area (Å²) < 4.78 is 18.2. The molecule has 1 aromatic carbocycles. The molecule has 0 aliphatic heterocycles. The summed E-state index contributed by atoms with van der Waals surface area (Å²) in [6.45, 7) is 3.77. The predicted molar refractivity (Wildman–Crippen MR) is 86.9 cm³/mol. The first kappa shape index (κ1) is 17.7. The van der Waals surface area contributed by atoms with Crippen LogP contribution in [0.15, 0.2) is 28.8 Å². The molecule has 2 rings (SSSR count). The topological polar surface area (TPSA) is 89.4 Å². The van der Waals surface area contributed by atoms with E-state index in [1.54, 1.807) is 6.92 Å². The maximum Gasteiger partial charge on any atom is 0.227 e. The monoisotopic (exact) mass is 333 g/mol. The first-order chi connectivity index (χ1) is 11.4. The first-order valence-corrected chi connectivity index (χ1v) is 7.64. The van der Waals surface area contributed by atoms with Gasteiger partial charge in [0.1, 0.15) is 11.6 Å². The Hall–Kier alpha value is -2.70. The van der Waals surface area contributed by atoms with Gasteiger partial charge in [-0.15, -0.1) is 0 Å². The van der Waals surface area contributed by atoms with Crippen molar-refractivity contribution in [3.05, 3.63) is 47.1 Å². The second-order valence-electron chi connectivity index (χ2n) is 5.54. The highest BCUT2D eigenvalue weighted by atomic mass is 19.1. The lowest BCUT2D eigenvalue weighted by Crippen LogP contribution is -2.34. The van der Waals surface area contributed by atoms with Crippen molar-refractivity contribution in [2.24, 2.45) is 5.73 Å². The fourth-order valence-corrected chi connectivity index (χ4v) is 2.47. The van der Waals surface area contributed by atoms with E-state index in [9.17, 15) is 14.0 Å². The minimum Gasteiger partial charge on any atom is -0.370 e. The van der Waals surface area contributed by atoms with Gasteiger partial charge < -0.3 is 15.2 Å². The lowest BCUT2D eigenvalue weighted by Gasteiger charge is -2.22. The molecular weight excluding hydrogens is 313 g/mol. The number of rotatable bonds is 7.